The van der Waals surface area contributed by atoms with Crippen LogP contribution in [0.15, 0.2) is 35.3 Å². The van der Waals surface area contributed by atoms with E-state index in [2.05, 4.69) is 36.0 Å². The van der Waals surface area contributed by atoms with Crippen molar-refractivity contribution < 1.29 is 4.79 Å². The van der Waals surface area contributed by atoms with Crippen molar-refractivity contribution in [3.05, 3.63) is 52.7 Å². The SMILES string of the molecule is CCN(C)C=Nc1cc(C=O)c(N(C)Cc2ccccc2C)nc1C. The molecule has 0 N–H and O–H groups in total. The molecule has 132 valence electrons. The van der Waals surface area contributed by atoms with Crippen LogP contribution in [0.25, 0.3) is 0 Å². The zero-order valence-electron chi connectivity index (χ0n) is 15.7. The number of aldehydes is 1. The largest absolute Gasteiger partial charge is 0.366 e. The van der Waals surface area contributed by atoms with Gasteiger partial charge in [-0.15, -0.1) is 0 Å². The van der Waals surface area contributed by atoms with Gasteiger partial charge in [-0.3, -0.25) is 4.79 Å². The average molecular weight is 338 g/mol. The molecular weight excluding hydrogens is 312 g/mol. The number of rotatable bonds is 7. The van der Waals surface area contributed by atoms with Crippen LogP contribution in [0.4, 0.5) is 11.5 Å². The summed E-state index contributed by atoms with van der Waals surface area (Å²) in [7, 11) is 3.91. The smallest absolute Gasteiger partial charge is 0.153 e. The van der Waals surface area contributed by atoms with Gasteiger partial charge in [-0.05, 0) is 38.0 Å². The summed E-state index contributed by atoms with van der Waals surface area (Å²) in [4.78, 5) is 24.6. The zero-order chi connectivity index (χ0) is 18.4. The molecule has 2 aromatic rings. The number of anilines is 1. The van der Waals surface area contributed by atoms with Gasteiger partial charge in [0.15, 0.2) is 6.29 Å². The van der Waals surface area contributed by atoms with Crippen LogP contribution in [0.1, 0.15) is 34.1 Å². The molecule has 0 fully saturated rings. The Kier molecular flexibility index (Phi) is 6.28. The van der Waals surface area contributed by atoms with Crippen molar-refractivity contribution in [1.82, 2.24) is 9.88 Å². The Balaban J connectivity index is 2.31. The molecule has 0 unspecified atom stereocenters. The fourth-order valence-electron chi connectivity index (χ4n) is 2.48. The third-order valence-electron chi connectivity index (χ3n) is 4.24. The molecule has 1 aromatic heterocycles. The van der Waals surface area contributed by atoms with Crippen molar-refractivity contribution in [3.8, 4) is 0 Å². The fraction of sp³-hybridized carbons (Fsp3) is 0.350. The molecule has 0 spiro atoms. The topological polar surface area (TPSA) is 48.8 Å². The molecule has 0 amide bonds. The highest BCUT2D eigenvalue weighted by Gasteiger charge is 2.13. The normalized spacial score (nSPS) is 10.9. The summed E-state index contributed by atoms with van der Waals surface area (Å²) in [6, 6.07) is 10.0. The first-order valence-corrected chi connectivity index (χ1v) is 8.43. The quantitative estimate of drug-likeness (QED) is 0.438. The van der Waals surface area contributed by atoms with E-state index in [0.717, 1.165) is 24.2 Å². The molecule has 0 aliphatic heterocycles. The van der Waals surface area contributed by atoms with Crippen LogP contribution in [0.5, 0.6) is 0 Å². The zero-order valence-corrected chi connectivity index (χ0v) is 15.7. The van der Waals surface area contributed by atoms with Gasteiger partial charge in [-0.25, -0.2) is 9.98 Å². The lowest BCUT2D eigenvalue weighted by Crippen LogP contribution is -2.20. The van der Waals surface area contributed by atoms with Gasteiger partial charge in [0, 0.05) is 27.2 Å². The Morgan fingerprint density at radius 2 is 1.92 bits per heavy atom. The Bertz CT molecular complexity index is 770. The van der Waals surface area contributed by atoms with Crippen LogP contribution in [-0.4, -0.2) is 43.1 Å². The molecule has 0 aliphatic rings. The number of aliphatic imine (C=N–C) groups is 1. The Morgan fingerprint density at radius 1 is 1.20 bits per heavy atom. The van der Waals surface area contributed by atoms with Crippen LogP contribution < -0.4 is 4.90 Å². The summed E-state index contributed by atoms with van der Waals surface area (Å²) >= 11 is 0. The van der Waals surface area contributed by atoms with Crippen molar-refractivity contribution in [2.45, 2.75) is 27.3 Å². The second-order valence-corrected chi connectivity index (χ2v) is 6.22. The molecule has 0 aliphatic carbocycles. The molecule has 5 heteroatoms. The predicted octanol–water partition coefficient (Wildman–Crippen LogP) is 3.76. The van der Waals surface area contributed by atoms with Crippen LogP contribution in [0, 0.1) is 13.8 Å². The number of nitrogens with zero attached hydrogens (tertiary/aromatic N) is 4. The maximum atomic E-state index is 11.6. The third-order valence-corrected chi connectivity index (χ3v) is 4.24. The standard InChI is InChI=1S/C20H26N4O/c1-6-23(4)14-21-19-11-18(13-25)20(22-16(19)3)24(5)12-17-10-8-7-9-15(17)2/h7-11,13-14H,6,12H2,1-5H3. The van der Waals surface area contributed by atoms with Crippen molar-refractivity contribution >= 4 is 24.1 Å². The minimum absolute atomic E-state index is 0.549. The Morgan fingerprint density at radius 3 is 2.56 bits per heavy atom. The highest BCUT2D eigenvalue weighted by atomic mass is 16.1. The number of benzene rings is 1. The van der Waals surface area contributed by atoms with E-state index >= 15 is 0 Å². The summed E-state index contributed by atoms with van der Waals surface area (Å²) in [5.74, 6) is 0.679. The fourth-order valence-corrected chi connectivity index (χ4v) is 2.48. The van der Waals surface area contributed by atoms with Gasteiger partial charge >= 0.3 is 0 Å². The molecule has 2 rings (SSSR count). The van der Waals surface area contributed by atoms with Crippen molar-refractivity contribution in [1.29, 1.82) is 0 Å². The number of carbonyl (C=O) groups excluding carboxylic acids is 1. The van der Waals surface area contributed by atoms with Gasteiger partial charge in [0.2, 0.25) is 0 Å². The van der Waals surface area contributed by atoms with Crippen molar-refractivity contribution in [2.24, 2.45) is 4.99 Å². The lowest BCUT2D eigenvalue weighted by Gasteiger charge is -2.22. The van der Waals surface area contributed by atoms with E-state index in [-0.39, 0.29) is 0 Å². The first-order valence-electron chi connectivity index (χ1n) is 8.43. The van der Waals surface area contributed by atoms with E-state index in [1.165, 1.54) is 11.1 Å². The highest BCUT2D eigenvalue weighted by molar-refractivity contribution is 5.85. The molecule has 0 atom stereocenters. The molecule has 25 heavy (non-hydrogen) atoms. The molecule has 0 bridgehead atoms. The molecule has 1 aromatic carbocycles. The van der Waals surface area contributed by atoms with Gasteiger partial charge in [-0.1, -0.05) is 24.3 Å². The van der Waals surface area contributed by atoms with E-state index < -0.39 is 0 Å². The first-order chi connectivity index (χ1) is 12.0. The second-order valence-electron chi connectivity index (χ2n) is 6.22. The minimum Gasteiger partial charge on any atom is -0.366 e. The van der Waals surface area contributed by atoms with E-state index in [0.29, 0.717) is 17.9 Å². The second kappa shape index (κ2) is 8.42. The Hall–Kier alpha value is -2.69. The van der Waals surface area contributed by atoms with Crippen LogP contribution in [0.2, 0.25) is 0 Å². The summed E-state index contributed by atoms with van der Waals surface area (Å²) in [5.41, 5.74) is 4.51. The molecule has 5 nitrogen and oxygen atoms in total. The van der Waals surface area contributed by atoms with Crippen molar-refractivity contribution in [3.63, 3.8) is 0 Å². The Labute approximate surface area is 150 Å². The van der Waals surface area contributed by atoms with Gasteiger partial charge < -0.3 is 9.80 Å². The maximum Gasteiger partial charge on any atom is 0.153 e. The summed E-state index contributed by atoms with van der Waals surface area (Å²) in [6.07, 6.45) is 2.61. The molecule has 1 heterocycles. The summed E-state index contributed by atoms with van der Waals surface area (Å²) < 4.78 is 0. The van der Waals surface area contributed by atoms with Gasteiger partial charge in [-0.2, -0.15) is 0 Å². The van der Waals surface area contributed by atoms with E-state index in [1.54, 1.807) is 12.4 Å². The lowest BCUT2D eigenvalue weighted by molar-refractivity contribution is 0.112. The van der Waals surface area contributed by atoms with Crippen LogP contribution in [0.3, 0.4) is 0 Å². The van der Waals surface area contributed by atoms with Crippen LogP contribution in [-0.2, 0) is 6.54 Å². The van der Waals surface area contributed by atoms with Gasteiger partial charge in [0.05, 0.1) is 23.3 Å². The summed E-state index contributed by atoms with van der Waals surface area (Å²) in [5, 5.41) is 0. The number of hydrogen-bond donors (Lipinski definition) is 0. The van der Waals surface area contributed by atoms with Gasteiger partial charge in [0.1, 0.15) is 5.82 Å². The molecule has 0 saturated carbocycles. The average Bonchev–Trinajstić information content (AvgIpc) is 2.61. The van der Waals surface area contributed by atoms with Crippen molar-refractivity contribution in [2.75, 3.05) is 25.5 Å². The number of aromatic nitrogens is 1. The predicted molar refractivity (Wildman–Crippen MR) is 104 cm³/mol. The molecular formula is C20H26N4O. The van der Waals surface area contributed by atoms with E-state index in [9.17, 15) is 4.79 Å². The summed E-state index contributed by atoms with van der Waals surface area (Å²) in [6.45, 7) is 7.62. The number of hydrogen-bond acceptors (Lipinski definition) is 4. The molecule has 0 radical (unpaired) electrons. The van der Waals surface area contributed by atoms with E-state index in [4.69, 9.17) is 0 Å². The number of aryl methyl sites for hydroxylation is 2. The van der Waals surface area contributed by atoms with E-state index in [1.807, 2.05) is 43.0 Å². The maximum absolute atomic E-state index is 11.6. The van der Waals surface area contributed by atoms with Gasteiger partial charge in [0.25, 0.3) is 0 Å². The number of carbonyl (C=O) groups is 1. The third kappa shape index (κ3) is 4.66. The first kappa shape index (κ1) is 18.6. The van der Waals surface area contributed by atoms with Crippen LogP contribution >= 0.6 is 0 Å². The molecule has 0 saturated heterocycles. The number of pyridine rings is 1. The highest BCUT2D eigenvalue weighted by Crippen LogP contribution is 2.26. The monoisotopic (exact) mass is 338 g/mol. The lowest BCUT2D eigenvalue weighted by atomic mass is 10.1. The minimum atomic E-state index is 0.549.